The molecule has 2 aliphatic rings. The van der Waals surface area contributed by atoms with Crippen molar-refractivity contribution in [3.63, 3.8) is 0 Å². The second-order valence-corrected chi connectivity index (χ2v) is 10.1. The molecule has 0 unspecified atom stereocenters. The van der Waals surface area contributed by atoms with Crippen molar-refractivity contribution in [2.75, 3.05) is 6.61 Å². The molecule has 1 aromatic heterocycles. The lowest BCUT2D eigenvalue weighted by Gasteiger charge is -2.45. The van der Waals surface area contributed by atoms with E-state index >= 15 is 0 Å². The van der Waals surface area contributed by atoms with Gasteiger partial charge < -0.3 is 69.3 Å². The van der Waals surface area contributed by atoms with Gasteiger partial charge in [0, 0.05) is 23.8 Å². The zero-order valence-electron chi connectivity index (χ0n) is 21.9. The van der Waals surface area contributed by atoms with E-state index in [0.29, 0.717) is 0 Å². The fourth-order valence-electron chi connectivity index (χ4n) is 4.84. The summed E-state index contributed by atoms with van der Waals surface area (Å²) in [5.74, 6) is -1.60. The summed E-state index contributed by atoms with van der Waals surface area (Å²) in [5.41, 5.74) is -0.575. The van der Waals surface area contributed by atoms with Crippen LogP contribution in [0.2, 0.25) is 0 Å². The van der Waals surface area contributed by atoms with Crippen molar-refractivity contribution in [1.82, 2.24) is 0 Å². The van der Waals surface area contributed by atoms with Crippen LogP contribution in [0.3, 0.4) is 0 Å². The summed E-state index contributed by atoms with van der Waals surface area (Å²) in [5, 5.41) is 91.2. The van der Waals surface area contributed by atoms with Gasteiger partial charge in [0.25, 0.3) is 0 Å². The minimum Gasteiger partial charge on any atom is -0.507 e. The first-order valence-corrected chi connectivity index (χ1v) is 12.9. The molecule has 2 aromatic carbocycles. The molecule has 2 aliphatic heterocycles. The number of ether oxygens (including phenoxy) is 4. The highest BCUT2D eigenvalue weighted by Crippen LogP contribution is 2.36. The Bertz CT molecular complexity index is 1490. The Morgan fingerprint density at radius 2 is 1.52 bits per heavy atom. The van der Waals surface area contributed by atoms with E-state index in [-0.39, 0.29) is 33.8 Å². The highest BCUT2D eigenvalue weighted by molar-refractivity contribution is 5.86. The van der Waals surface area contributed by atoms with Crippen LogP contribution in [0.5, 0.6) is 23.0 Å². The van der Waals surface area contributed by atoms with Crippen molar-refractivity contribution < 1.29 is 69.3 Å². The fourth-order valence-corrected chi connectivity index (χ4v) is 4.84. The number of benzene rings is 2. The lowest BCUT2D eigenvalue weighted by atomic mass is 9.97. The Morgan fingerprint density at radius 3 is 2.21 bits per heavy atom. The predicted molar refractivity (Wildman–Crippen MR) is 139 cm³/mol. The van der Waals surface area contributed by atoms with E-state index < -0.39 is 84.9 Å². The molecule has 228 valence electrons. The maximum absolute atomic E-state index is 12.8. The largest absolute Gasteiger partial charge is 0.507 e. The first-order chi connectivity index (χ1) is 19.9. The van der Waals surface area contributed by atoms with Gasteiger partial charge in [0.05, 0.1) is 12.7 Å². The van der Waals surface area contributed by atoms with Gasteiger partial charge in [-0.2, -0.15) is 0 Å². The Hall–Kier alpha value is -3.51. The van der Waals surface area contributed by atoms with Gasteiger partial charge in [-0.25, -0.2) is 0 Å². The van der Waals surface area contributed by atoms with Crippen LogP contribution in [0, 0.1) is 0 Å². The van der Waals surface area contributed by atoms with E-state index in [1.54, 1.807) is 0 Å². The molecule has 0 radical (unpaired) electrons. The molecule has 10 atom stereocenters. The maximum Gasteiger partial charge on any atom is 0.229 e. The average molecular weight is 595 g/mol. The van der Waals surface area contributed by atoms with E-state index in [0.717, 1.165) is 18.2 Å². The molecule has 2 fully saturated rings. The third kappa shape index (κ3) is 5.49. The predicted octanol–water partition coefficient (Wildman–Crippen LogP) is -1.39. The van der Waals surface area contributed by atoms with Crippen LogP contribution >= 0.6 is 0 Å². The normalized spacial score (nSPS) is 33.5. The number of rotatable bonds is 6. The van der Waals surface area contributed by atoms with Crippen molar-refractivity contribution in [1.29, 1.82) is 0 Å². The molecule has 0 saturated carbocycles. The molecule has 2 saturated heterocycles. The molecule has 5 rings (SSSR count). The Kier molecular flexibility index (Phi) is 8.30. The number of phenols is 3. The fraction of sp³-hybridized carbons (Fsp3) is 0.444. The number of aliphatic hydroxyl groups is 6. The minimum atomic E-state index is -1.78. The summed E-state index contributed by atoms with van der Waals surface area (Å²) in [6.07, 6.45) is -15.5. The van der Waals surface area contributed by atoms with Gasteiger partial charge in [-0.3, -0.25) is 4.79 Å². The molecule has 42 heavy (non-hydrogen) atoms. The molecule has 0 aliphatic carbocycles. The summed E-state index contributed by atoms with van der Waals surface area (Å²) in [4.78, 5) is 12.8. The Balaban J connectivity index is 1.48. The third-order valence-corrected chi connectivity index (χ3v) is 7.22. The molecule has 3 heterocycles. The van der Waals surface area contributed by atoms with E-state index in [9.17, 15) is 50.8 Å². The molecular formula is C27H30O15. The first-order valence-electron chi connectivity index (χ1n) is 12.9. The van der Waals surface area contributed by atoms with Crippen molar-refractivity contribution in [3.8, 4) is 34.3 Å². The van der Waals surface area contributed by atoms with Gasteiger partial charge in [-0.15, -0.1) is 0 Å². The van der Waals surface area contributed by atoms with Gasteiger partial charge in [0.1, 0.15) is 64.9 Å². The molecular weight excluding hydrogens is 564 g/mol. The van der Waals surface area contributed by atoms with Crippen molar-refractivity contribution in [2.45, 2.75) is 68.3 Å². The summed E-state index contributed by atoms with van der Waals surface area (Å²) in [6.45, 7) is 0.671. The summed E-state index contributed by atoms with van der Waals surface area (Å²) >= 11 is 0. The van der Waals surface area contributed by atoms with Crippen molar-refractivity contribution in [3.05, 3.63) is 46.6 Å². The maximum atomic E-state index is 12.8. The van der Waals surface area contributed by atoms with Gasteiger partial charge in [0.15, 0.2) is 29.3 Å². The van der Waals surface area contributed by atoms with Crippen molar-refractivity contribution in [2.24, 2.45) is 0 Å². The number of aromatic hydroxyl groups is 3. The van der Waals surface area contributed by atoms with E-state index in [4.69, 9.17) is 23.4 Å². The quantitative estimate of drug-likeness (QED) is 0.149. The number of hydrogen-bond acceptors (Lipinski definition) is 15. The number of fused-ring (bicyclic) bond motifs is 1. The van der Waals surface area contributed by atoms with Crippen LogP contribution in [0.25, 0.3) is 22.3 Å². The second kappa shape index (κ2) is 11.6. The lowest BCUT2D eigenvalue weighted by molar-refractivity contribution is -0.354. The van der Waals surface area contributed by atoms with Crippen LogP contribution in [-0.4, -0.2) is 114 Å². The summed E-state index contributed by atoms with van der Waals surface area (Å²) in [7, 11) is 0. The minimum absolute atomic E-state index is 0.0216. The zero-order valence-corrected chi connectivity index (χ0v) is 21.9. The van der Waals surface area contributed by atoms with Crippen LogP contribution in [0.1, 0.15) is 6.92 Å². The first kappa shape index (κ1) is 30.0. The highest BCUT2D eigenvalue weighted by atomic mass is 16.8. The van der Waals surface area contributed by atoms with Gasteiger partial charge in [-0.05, 0) is 25.1 Å². The summed E-state index contributed by atoms with van der Waals surface area (Å²) in [6, 6.07) is 7.08. The number of aliphatic hydroxyl groups excluding tert-OH is 6. The third-order valence-electron chi connectivity index (χ3n) is 7.22. The highest BCUT2D eigenvalue weighted by Gasteiger charge is 2.50. The van der Waals surface area contributed by atoms with Crippen molar-refractivity contribution >= 4 is 11.0 Å². The second-order valence-electron chi connectivity index (χ2n) is 10.1. The standard InChI is InChI=1S/C27H30O15/c1-9-20(33)22(35)24(37)26(38-9)42-25-23(36)21(34)18(8-28)41-27(25)39-11-5-14(31)19-15(32)7-16(40-17(19)6-11)10-2-3-12(29)13(30)4-10/h2-7,9,18,20-31,33-37H,8H2,1H3/t9-,18-,20+,21-,22-,23+,24-,25+,26+,27-/m1/s1. The van der Waals surface area contributed by atoms with E-state index in [2.05, 4.69) is 0 Å². The van der Waals surface area contributed by atoms with Crippen LogP contribution in [0.4, 0.5) is 0 Å². The smallest absolute Gasteiger partial charge is 0.229 e. The molecule has 15 heteroatoms. The van der Waals surface area contributed by atoms with Crippen LogP contribution < -0.4 is 10.2 Å². The Labute approximate surface area is 236 Å². The monoisotopic (exact) mass is 594 g/mol. The van der Waals surface area contributed by atoms with Gasteiger partial charge in [-0.1, -0.05) is 0 Å². The molecule has 15 nitrogen and oxygen atoms in total. The molecule has 0 amide bonds. The van der Waals surface area contributed by atoms with E-state index in [1.165, 1.54) is 25.1 Å². The topological polar surface area (TPSA) is 249 Å². The molecule has 0 spiro atoms. The SMILES string of the molecule is C[C@H]1O[C@@H](O[C@@H]2[C@H](Oc3cc(O)c4c(=O)cc(-c5ccc(O)c(O)c5)oc4c3)O[C@H](CO)[C@@H](O)[C@@H]2O)[C@H](O)[C@H](O)[C@H]1O. The van der Waals surface area contributed by atoms with Gasteiger partial charge >= 0.3 is 0 Å². The zero-order chi connectivity index (χ0) is 30.5. The molecule has 0 bridgehead atoms. The molecule has 3 aromatic rings. The van der Waals surface area contributed by atoms with Gasteiger partial charge in [0.2, 0.25) is 6.29 Å². The lowest BCUT2D eigenvalue weighted by Crippen LogP contribution is -2.64. The average Bonchev–Trinajstić information content (AvgIpc) is 2.95. The number of phenolic OH excluding ortho intramolecular Hbond substituents is 3. The van der Waals surface area contributed by atoms with Crippen LogP contribution in [-0.2, 0) is 14.2 Å². The van der Waals surface area contributed by atoms with E-state index in [1.807, 2.05) is 0 Å². The molecule has 9 N–H and O–H groups in total. The van der Waals surface area contributed by atoms with Crippen LogP contribution in [0.15, 0.2) is 45.6 Å². The Morgan fingerprint density at radius 1 is 0.786 bits per heavy atom. The summed E-state index contributed by atoms with van der Waals surface area (Å²) < 4.78 is 28.3. The number of hydrogen-bond donors (Lipinski definition) is 9.